The van der Waals surface area contributed by atoms with Gasteiger partial charge in [-0.25, -0.2) is 0 Å². The van der Waals surface area contributed by atoms with Crippen LogP contribution in [0.15, 0.2) is 0 Å². The summed E-state index contributed by atoms with van der Waals surface area (Å²) in [6, 6.07) is 0. The van der Waals surface area contributed by atoms with Crippen molar-refractivity contribution < 1.29 is 4.74 Å². The normalized spacial score (nSPS) is 33.4. The van der Waals surface area contributed by atoms with Crippen LogP contribution in [-0.4, -0.2) is 17.0 Å². The Morgan fingerprint density at radius 3 is 2.33 bits per heavy atom. The standard InChI is InChI=1S/C13H23BrO/c1-12(2)8-5-11(15-12)9-13(10-14)6-3-4-7-13/h11H,3-10H2,1-2H3. The van der Waals surface area contributed by atoms with Crippen LogP contribution < -0.4 is 0 Å². The number of rotatable bonds is 3. The first-order valence-corrected chi connectivity index (χ1v) is 7.41. The van der Waals surface area contributed by atoms with Gasteiger partial charge in [-0.05, 0) is 51.4 Å². The molecule has 2 fully saturated rings. The van der Waals surface area contributed by atoms with Crippen LogP contribution in [0.5, 0.6) is 0 Å². The molecule has 0 amide bonds. The molecule has 0 spiro atoms. The lowest BCUT2D eigenvalue weighted by atomic mass is 9.82. The summed E-state index contributed by atoms with van der Waals surface area (Å²) < 4.78 is 6.12. The molecule has 1 heterocycles. The van der Waals surface area contributed by atoms with Gasteiger partial charge >= 0.3 is 0 Å². The molecule has 1 aliphatic heterocycles. The van der Waals surface area contributed by atoms with Crippen LogP contribution >= 0.6 is 15.9 Å². The van der Waals surface area contributed by atoms with Gasteiger partial charge in [-0.1, -0.05) is 28.8 Å². The largest absolute Gasteiger partial charge is 0.372 e. The Balaban J connectivity index is 1.91. The molecule has 0 N–H and O–H groups in total. The summed E-state index contributed by atoms with van der Waals surface area (Å²) in [6.07, 6.45) is 9.94. The van der Waals surface area contributed by atoms with Gasteiger partial charge in [0.05, 0.1) is 11.7 Å². The molecular formula is C13H23BrO. The molecule has 0 radical (unpaired) electrons. The molecule has 1 saturated carbocycles. The summed E-state index contributed by atoms with van der Waals surface area (Å²) in [5.74, 6) is 0. The highest BCUT2D eigenvalue weighted by Gasteiger charge is 2.39. The first kappa shape index (κ1) is 11.9. The van der Waals surface area contributed by atoms with Crippen LogP contribution in [0, 0.1) is 5.41 Å². The zero-order chi connectivity index (χ0) is 10.9. The minimum absolute atomic E-state index is 0.136. The summed E-state index contributed by atoms with van der Waals surface area (Å²) >= 11 is 3.71. The van der Waals surface area contributed by atoms with E-state index in [9.17, 15) is 0 Å². The van der Waals surface area contributed by atoms with Crippen molar-refractivity contribution in [1.82, 2.24) is 0 Å². The Morgan fingerprint density at radius 1 is 1.20 bits per heavy atom. The highest BCUT2D eigenvalue weighted by atomic mass is 79.9. The number of halogens is 1. The van der Waals surface area contributed by atoms with Gasteiger partial charge in [0, 0.05) is 5.33 Å². The molecular weight excluding hydrogens is 252 g/mol. The lowest BCUT2D eigenvalue weighted by Gasteiger charge is -2.30. The van der Waals surface area contributed by atoms with Crippen molar-refractivity contribution in [3.8, 4) is 0 Å². The van der Waals surface area contributed by atoms with Crippen LogP contribution in [0.2, 0.25) is 0 Å². The first-order chi connectivity index (χ1) is 7.05. The van der Waals surface area contributed by atoms with Gasteiger partial charge in [0.25, 0.3) is 0 Å². The summed E-state index contributed by atoms with van der Waals surface area (Å²) in [5.41, 5.74) is 0.696. The summed E-state index contributed by atoms with van der Waals surface area (Å²) in [7, 11) is 0. The fourth-order valence-electron chi connectivity index (χ4n) is 3.22. The van der Waals surface area contributed by atoms with Crippen LogP contribution in [0.3, 0.4) is 0 Å². The average molecular weight is 275 g/mol. The van der Waals surface area contributed by atoms with Crippen molar-refractivity contribution in [2.75, 3.05) is 5.33 Å². The van der Waals surface area contributed by atoms with E-state index >= 15 is 0 Å². The second kappa shape index (κ2) is 4.37. The number of ether oxygens (including phenoxy) is 1. The lowest BCUT2D eigenvalue weighted by Crippen LogP contribution is -2.27. The van der Waals surface area contributed by atoms with Gasteiger partial charge in [0.2, 0.25) is 0 Å². The monoisotopic (exact) mass is 274 g/mol. The van der Waals surface area contributed by atoms with Gasteiger partial charge in [-0.15, -0.1) is 0 Å². The molecule has 0 aromatic carbocycles. The number of hydrogen-bond donors (Lipinski definition) is 0. The fourth-order valence-corrected chi connectivity index (χ4v) is 4.01. The molecule has 0 aromatic rings. The maximum absolute atomic E-state index is 6.12. The van der Waals surface area contributed by atoms with Gasteiger partial charge in [0.15, 0.2) is 0 Å². The molecule has 1 aliphatic carbocycles. The first-order valence-electron chi connectivity index (χ1n) is 6.29. The Morgan fingerprint density at radius 2 is 1.87 bits per heavy atom. The number of hydrogen-bond acceptors (Lipinski definition) is 1. The molecule has 15 heavy (non-hydrogen) atoms. The molecule has 0 bridgehead atoms. The fraction of sp³-hybridized carbons (Fsp3) is 1.00. The highest BCUT2D eigenvalue weighted by Crippen LogP contribution is 2.46. The third-order valence-electron chi connectivity index (χ3n) is 4.16. The predicted molar refractivity (Wildman–Crippen MR) is 67.5 cm³/mol. The van der Waals surface area contributed by atoms with Gasteiger partial charge in [-0.3, -0.25) is 0 Å². The summed E-state index contributed by atoms with van der Waals surface area (Å²) in [6.45, 7) is 4.45. The maximum atomic E-state index is 6.12. The van der Waals surface area contributed by atoms with E-state index in [1.54, 1.807) is 0 Å². The Labute approximate surface area is 102 Å². The van der Waals surface area contributed by atoms with Crippen molar-refractivity contribution in [2.24, 2.45) is 5.41 Å². The van der Waals surface area contributed by atoms with Crippen LogP contribution in [0.25, 0.3) is 0 Å². The van der Waals surface area contributed by atoms with Gasteiger partial charge in [0.1, 0.15) is 0 Å². The summed E-state index contributed by atoms with van der Waals surface area (Å²) in [5, 5.41) is 1.17. The minimum atomic E-state index is 0.136. The Bertz CT molecular complexity index is 219. The van der Waals surface area contributed by atoms with Crippen molar-refractivity contribution in [1.29, 1.82) is 0 Å². The van der Waals surface area contributed by atoms with E-state index in [0.717, 1.165) is 0 Å². The molecule has 1 atom stereocenters. The second-order valence-electron chi connectivity index (χ2n) is 6.08. The van der Waals surface area contributed by atoms with Crippen LogP contribution in [-0.2, 0) is 4.74 Å². The molecule has 2 rings (SSSR count). The van der Waals surface area contributed by atoms with E-state index < -0.39 is 0 Å². The van der Waals surface area contributed by atoms with E-state index in [-0.39, 0.29) is 5.60 Å². The highest BCUT2D eigenvalue weighted by molar-refractivity contribution is 9.09. The van der Waals surface area contributed by atoms with Crippen molar-refractivity contribution in [3.63, 3.8) is 0 Å². The van der Waals surface area contributed by atoms with Crippen LogP contribution in [0.1, 0.15) is 58.8 Å². The van der Waals surface area contributed by atoms with Gasteiger partial charge < -0.3 is 4.74 Å². The van der Waals surface area contributed by atoms with Crippen molar-refractivity contribution in [2.45, 2.75) is 70.5 Å². The average Bonchev–Trinajstić information content (AvgIpc) is 2.75. The third kappa shape index (κ3) is 2.76. The molecule has 2 aliphatic rings. The third-order valence-corrected chi connectivity index (χ3v) is 5.35. The predicted octanol–water partition coefficient (Wildman–Crippen LogP) is 4.29. The van der Waals surface area contributed by atoms with Crippen molar-refractivity contribution >= 4 is 15.9 Å². The maximum Gasteiger partial charge on any atom is 0.0631 e. The topological polar surface area (TPSA) is 9.23 Å². The van der Waals surface area contributed by atoms with E-state index in [4.69, 9.17) is 4.74 Å². The molecule has 0 aromatic heterocycles. The van der Waals surface area contributed by atoms with Crippen LogP contribution in [0.4, 0.5) is 0 Å². The van der Waals surface area contributed by atoms with E-state index in [2.05, 4.69) is 29.8 Å². The smallest absolute Gasteiger partial charge is 0.0631 e. The second-order valence-corrected chi connectivity index (χ2v) is 6.64. The Kier molecular flexibility index (Phi) is 3.47. The zero-order valence-electron chi connectivity index (χ0n) is 10.0. The molecule has 1 saturated heterocycles. The van der Waals surface area contributed by atoms with E-state index in [1.165, 1.54) is 50.3 Å². The number of alkyl halides is 1. The van der Waals surface area contributed by atoms with E-state index in [1.807, 2.05) is 0 Å². The quantitative estimate of drug-likeness (QED) is 0.698. The zero-order valence-corrected chi connectivity index (χ0v) is 11.6. The molecule has 1 unspecified atom stereocenters. The molecule has 1 nitrogen and oxygen atoms in total. The van der Waals surface area contributed by atoms with E-state index in [0.29, 0.717) is 11.5 Å². The molecule has 2 heteroatoms. The van der Waals surface area contributed by atoms with Crippen molar-refractivity contribution in [3.05, 3.63) is 0 Å². The SMILES string of the molecule is CC1(C)CCC(CC2(CBr)CCCC2)O1. The summed E-state index contributed by atoms with van der Waals surface area (Å²) in [4.78, 5) is 0. The molecule has 88 valence electrons. The Hall–Kier alpha value is 0.440. The minimum Gasteiger partial charge on any atom is -0.372 e. The van der Waals surface area contributed by atoms with Gasteiger partial charge in [-0.2, -0.15) is 0 Å². The lowest BCUT2D eigenvalue weighted by molar-refractivity contribution is -0.0324.